The minimum absolute atomic E-state index is 0.00408. The van der Waals surface area contributed by atoms with Crippen molar-refractivity contribution in [2.75, 3.05) is 10.2 Å². The number of para-hydroxylation sites is 1. The molecule has 1 N–H and O–H groups in total. The molecule has 1 radical (unpaired) electrons. The molecule has 6 heteroatoms. The van der Waals surface area contributed by atoms with Crippen LogP contribution in [0.1, 0.15) is 130 Å². The zero-order chi connectivity index (χ0) is 56.4. The molecule has 1 aliphatic heterocycles. The van der Waals surface area contributed by atoms with Crippen LogP contribution >= 0.6 is 11.3 Å². The van der Waals surface area contributed by atoms with Gasteiger partial charge in [-0.3, -0.25) is 0 Å². The molecular weight excluding hydrogens is 1000 g/mol. The second-order valence-electron chi connectivity index (χ2n) is 27.8. The summed E-state index contributed by atoms with van der Waals surface area (Å²) in [5.41, 5.74) is 24.9. The monoisotopic (exact) mass is 1070 g/mol. The number of furan rings is 1. The maximum atomic E-state index is 6.67. The van der Waals surface area contributed by atoms with Gasteiger partial charge in [-0.2, -0.15) is 0 Å². The molecule has 81 heavy (non-hydrogen) atoms. The van der Waals surface area contributed by atoms with Crippen molar-refractivity contribution in [2.24, 2.45) is 0 Å². The predicted octanol–water partition coefficient (Wildman–Crippen LogP) is 20.2. The summed E-state index contributed by atoms with van der Waals surface area (Å²) in [5.74, 6) is 0. The third-order valence-electron chi connectivity index (χ3n) is 17.9. The third-order valence-corrected chi connectivity index (χ3v) is 19.0. The van der Waals surface area contributed by atoms with Crippen molar-refractivity contribution in [1.29, 1.82) is 0 Å². The van der Waals surface area contributed by atoms with Gasteiger partial charge in [0.15, 0.2) is 0 Å². The maximum Gasteiger partial charge on any atom is 0.211 e. The van der Waals surface area contributed by atoms with E-state index < -0.39 is 0 Å². The molecule has 2 aliphatic rings. The van der Waals surface area contributed by atoms with Crippen LogP contribution in [-0.2, 0) is 27.1 Å². The van der Waals surface area contributed by atoms with Crippen LogP contribution in [0.3, 0.4) is 0 Å². The lowest BCUT2D eigenvalue weighted by Crippen LogP contribution is -2.35. The van der Waals surface area contributed by atoms with E-state index in [-0.39, 0.29) is 27.1 Å². The van der Waals surface area contributed by atoms with Crippen LogP contribution in [0.2, 0.25) is 0 Å². The molecule has 0 saturated heterocycles. The van der Waals surface area contributed by atoms with Gasteiger partial charge in [0.2, 0.25) is 7.28 Å². The van der Waals surface area contributed by atoms with Crippen molar-refractivity contribution in [1.82, 2.24) is 4.57 Å². The van der Waals surface area contributed by atoms with E-state index in [0.29, 0.717) is 0 Å². The van der Waals surface area contributed by atoms with E-state index in [1.807, 2.05) is 11.3 Å². The van der Waals surface area contributed by atoms with Gasteiger partial charge >= 0.3 is 0 Å². The fourth-order valence-corrected chi connectivity index (χ4v) is 14.2. The van der Waals surface area contributed by atoms with Gasteiger partial charge in [0.05, 0.1) is 11.2 Å². The summed E-state index contributed by atoms with van der Waals surface area (Å²) in [5, 5.41) is 10.1. The molecule has 12 aromatic rings. The minimum Gasteiger partial charge on any atom is -0.456 e. The number of thiophene rings is 1. The summed E-state index contributed by atoms with van der Waals surface area (Å²) >= 11 is 1.89. The lowest BCUT2D eigenvalue weighted by Gasteiger charge is -2.29. The van der Waals surface area contributed by atoms with E-state index in [9.17, 15) is 0 Å². The van der Waals surface area contributed by atoms with Gasteiger partial charge in [0.25, 0.3) is 0 Å². The van der Waals surface area contributed by atoms with Crippen LogP contribution < -0.4 is 20.5 Å². The fourth-order valence-electron chi connectivity index (χ4n) is 13.1. The molecule has 14 rings (SSSR count). The molecule has 9 aromatic carbocycles. The molecule has 0 fully saturated rings. The topological polar surface area (TPSA) is 33.3 Å². The van der Waals surface area contributed by atoms with Gasteiger partial charge in [-0.15, -0.1) is 11.3 Å². The van der Waals surface area contributed by atoms with Gasteiger partial charge in [0, 0.05) is 82.6 Å². The molecule has 3 aromatic heterocycles. The second-order valence-corrected chi connectivity index (χ2v) is 28.9. The highest BCUT2D eigenvalue weighted by Gasteiger charge is 2.39. The predicted molar refractivity (Wildman–Crippen MR) is 351 cm³/mol. The lowest BCUT2D eigenvalue weighted by atomic mass is 9.63. The fraction of sp³-hybridized carbons (Fsp3) is 0.253. The van der Waals surface area contributed by atoms with E-state index in [1.165, 1.54) is 97.9 Å². The van der Waals surface area contributed by atoms with Crippen LogP contribution in [0, 0.1) is 0 Å². The summed E-state index contributed by atoms with van der Waals surface area (Å²) in [6, 6.07) is 64.8. The van der Waals surface area contributed by atoms with Crippen LogP contribution in [0.4, 0.5) is 28.4 Å². The zero-order valence-electron chi connectivity index (χ0n) is 49.5. The highest BCUT2D eigenvalue weighted by molar-refractivity contribution is 7.29. The van der Waals surface area contributed by atoms with Crippen molar-refractivity contribution >= 4 is 111 Å². The average molecular weight is 1070 g/mol. The van der Waals surface area contributed by atoms with Crippen molar-refractivity contribution < 1.29 is 4.42 Å². The van der Waals surface area contributed by atoms with Crippen molar-refractivity contribution in [3.63, 3.8) is 0 Å². The highest BCUT2D eigenvalue weighted by Crippen LogP contribution is 2.54. The van der Waals surface area contributed by atoms with Crippen molar-refractivity contribution in [3.8, 4) is 27.9 Å². The Bertz CT molecular complexity index is 4500. The molecule has 4 heterocycles. The van der Waals surface area contributed by atoms with E-state index in [1.54, 1.807) is 0 Å². The van der Waals surface area contributed by atoms with E-state index in [0.717, 1.165) is 55.9 Å². The Morgan fingerprint density at radius 3 is 1.69 bits per heavy atom. The molecule has 0 spiro atoms. The Kier molecular flexibility index (Phi) is 11.2. The summed E-state index contributed by atoms with van der Waals surface area (Å²) in [7, 11) is 2.50. The Labute approximate surface area is 482 Å². The number of fused-ring (bicyclic) bond motifs is 13. The van der Waals surface area contributed by atoms with Crippen molar-refractivity contribution in [3.05, 3.63) is 203 Å². The van der Waals surface area contributed by atoms with Crippen LogP contribution in [0.25, 0.3) is 81.8 Å². The van der Waals surface area contributed by atoms with E-state index in [2.05, 4.69) is 289 Å². The maximum absolute atomic E-state index is 6.67. The molecule has 0 bridgehead atoms. The van der Waals surface area contributed by atoms with Crippen LogP contribution in [0.15, 0.2) is 174 Å². The lowest BCUT2D eigenvalue weighted by molar-refractivity contribution is 0.590. The van der Waals surface area contributed by atoms with Crippen LogP contribution in [-0.4, -0.2) is 11.8 Å². The summed E-state index contributed by atoms with van der Waals surface area (Å²) in [4.78, 5) is 2.44. The Morgan fingerprint density at radius 1 is 0.469 bits per heavy atom. The summed E-state index contributed by atoms with van der Waals surface area (Å²) in [6.07, 6.45) is 0. The number of rotatable bonds is 6. The number of nitrogens with one attached hydrogen (secondary N) is 1. The van der Waals surface area contributed by atoms with Crippen LogP contribution in [0.5, 0.6) is 0 Å². The second kappa shape index (κ2) is 17.6. The van der Waals surface area contributed by atoms with Gasteiger partial charge in [-0.05, 0) is 167 Å². The molecular formula is C75H71BN3OS. The molecule has 4 nitrogen and oxygen atoms in total. The number of aromatic nitrogens is 1. The first kappa shape index (κ1) is 51.4. The standard InChI is InChI=1S/C75H71BN3OS/c1-71(2,3)43-19-26-47(27-20-43)77-62-41-61-55(51-33-32-50(38-60(51)75(61,13)14)78(48-28-21-44(22-29-48)72(4,5)6)49-30-23-45(24-31-49)73(7,8)9)39-56(62)53-34-35-54-57-40-58-52-17-15-16-18-64(52)80-65(58)42-63(57)79-68(54)67(53)76-70-69(79)59-37-46(74(10,11)12)25-36-66(59)81-70/h15-42,77H,1-14H3. The minimum atomic E-state index is -0.320. The summed E-state index contributed by atoms with van der Waals surface area (Å²) < 4.78 is 11.8. The first-order valence-corrected chi connectivity index (χ1v) is 29.8. The third kappa shape index (κ3) is 8.21. The molecule has 1 aliphatic carbocycles. The summed E-state index contributed by atoms with van der Waals surface area (Å²) in [6.45, 7) is 32.4. The number of hydrogen-bond donors (Lipinski definition) is 1. The Morgan fingerprint density at radius 2 is 1.05 bits per heavy atom. The van der Waals surface area contributed by atoms with E-state index >= 15 is 0 Å². The average Bonchev–Trinajstić information content (AvgIpc) is 2.92. The van der Waals surface area contributed by atoms with Crippen molar-refractivity contribution in [2.45, 2.75) is 124 Å². The number of benzene rings is 9. The normalized spacial score (nSPS) is 14.0. The molecule has 0 amide bonds. The van der Waals surface area contributed by atoms with Gasteiger partial charge in [0.1, 0.15) is 11.2 Å². The van der Waals surface area contributed by atoms with Gasteiger partial charge in [-0.1, -0.05) is 176 Å². The number of nitrogens with zero attached hydrogens (tertiary/aromatic N) is 2. The number of anilines is 5. The smallest absolute Gasteiger partial charge is 0.211 e. The van der Waals surface area contributed by atoms with E-state index in [4.69, 9.17) is 4.42 Å². The SMILES string of the molecule is CC(C)(C)c1ccc(Nc2cc3c(cc2-c2ccc4c5cc6c(cc5n5c4c2[B]c2sc4ccc(C(C)(C)C)cc4c2-5)oc2ccccc26)-c2ccc(N(c4ccc(C(C)(C)C)cc4)c4ccc(C(C)(C)C)cc4)cc2C3(C)C)cc1. The van der Waals surface area contributed by atoms with Gasteiger partial charge < -0.3 is 19.2 Å². The molecule has 0 atom stereocenters. The molecule has 0 unspecified atom stereocenters. The molecule has 401 valence electrons. The highest BCUT2D eigenvalue weighted by atomic mass is 32.1. The Balaban J connectivity index is 0.991. The largest absolute Gasteiger partial charge is 0.456 e. The quantitative estimate of drug-likeness (QED) is 0.169. The first-order valence-electron chi connectivity index (χ1n) is 29.0. The van der Waals surface area contributed by atoms with Gasteiger partial charge in [-0.25, -0.2) is 0 Å². The number of hydrogen-bond acceptors (Lipinski definition) is 4. The first-order chi connectivity index (χ1) is 38.4. The zero-order valence-corrected chi connectivity index (χ0v) is 50.3. The molecule has 0 saturated carbocycles. The Hall–Kier alpha value is -7.80.